The van der Waals surface area contributed by atoms with E-state index in [1.54, 1.807) is 31.3 Å². The number of rotatable bonds is 5. The van der Waals surface area contributed by atoms with E-state index in [1.165, 1.54) is 16.8 Å². The summed E-state index contributed by atoms with van der Waals surface area (Å²) in [4.78, 5) is 22.6. The Morgan fingerprint density at radius 1 is 1.40 bits per heavy atom. The van der Waals surface area contributed by atoms with Crippen molar-refractivity contribution in [3.05, 3.63) is 58.0 Å². The van der Waals surface area contributed by atoms with Gasteiger partial charge in [-0.3, -0.25) is 4.79 Å². The van der Waals surface area contributed by atoms with Crippen molar-refractivity contribution < 1.29 is 14.6 Å². The summed E-state index contributed by atoms with van der Waals surface area (Å²) in [6, 6.07) is 7.85. The Labute approximate surface area is 115 Å². The van der Waals surface area contributed by atoms with Gasteiger partial charge in [0, 0.05) is 6.07 Å². The van der Waals surface area contributed by atoms with Crippen molar-refractivity contribution in [3.63, 3.8) is 0 Å². The normalized spacial score (nSPS) is 10.2. The maximum absolute atomic E-state index is 11.6. The van der Waals surface area contributed by atoms with E-state index in [0.29, 0.717) is 0 Å². The number of hydrogen-bond acceptors (Lipinski definition) is 4. The predicted octanol–water partition coefficient (Wildman–Crippen LogP) is 1.33. The number of carbonyl (C=O) groups is 1. The van der Waals surface area contributed by atoms with E-state index in [0.717, 1.165) is 5.56 Å². The SMILES string of the molecule is Cc1cnn(CCOc2ccccc2C(=O)O)c(=O)c1. The molecule has 0 radical (unpaired) electrons. The Morgan fingerprint density at radius 3 is 2.85 bits per heavy atom. The van der Waals surface area contributed by atoms with Crippen molar-refractivity contribution in [3.8, 4) is 5.75 Å². The maximum Gasteiger partial charge on any atom is 0.339 e. The molecule has 1 aromatic carbocycles. The van der Waals surface area contributed by atoms with Crippen molar-refractivity contribution in [2.45, 2.75) is 13.5 Å². The molecule has 0 aliphatic rings. The van der Waals surface area contributed by atoms with Crippen LogP contribution in [0, 0.1) is 6.92 Å². The van der Waals surface area contributed by atoms with Gasteiger partial charge < -0.3 is 9.84 Å². The summed E-state index contributed by atoms with van der Waals surface area (Å²) in [6.45, 7) is 2.21. The molecule has 0 atom stereocenters. The molecule has 0 saturated heterocycles. The fraction of sp³-hybridized carbons (Fsp3) is 0.214. The monoisotopic (exact) mass is 274 g/mol. The van der Waals surface area contributed by atoms with Crippen LogP contribution in [-0.4, -0.2) is 27.5 Å². The second-order valence-electron chi connectivity index (χ2n) is 4.24. The molecule has 0 amide bonds. The largest absolute Gasteiger partial charge is 0.491 e. The van der Waals surface area contributed by atoms with E-state index in [1.807, 2.05) is 0 Å². The number of aromatic nitrogens is 2. The minimum atomic E-state index is -1.05. The van der Waals surface area contributed by atoms with Gasteiger partial charge in [-0.05, 0) is 24.6 Å². The van der Waals surface area contributed by atoms with Crippen LogP contribution in [0.5, 0.6) is 5.75 Å². The van der Waals surface area contributed by atoms with Crippen LogP contribution in [-0.2, 0) is 6.54 Å². The number of para-hydroxylation sites is 1. The highest BCUT2D eigenvalue weighted by atomic mass is 16.5. The van der Waals surface area contributed by atoms with Crippen molar-refractivity contribution in [1.82, 2.24) is 9.78 Å². The number of nitrogens with zero attached hydrogens (tertiary/aromatic N) is 2. The van der Waals surface area contributed by atoms with Gasteiger partial charge in [0.25, 0.3) is 5.56 Å². The minimum absolute atomic E-state index is 0.0942. The smallest absolute Gasteiger partial charge is 0.339 e. The van der Waals surface area contributed by atoms with Gasteiger partial charge in [0.15, 0.2) is 0 Å². The Bertz CT molecular complexity index is 679. The highest BCUT2D eigenvalue weighted by Gasteiger charge is 2.09. The van der Waals surface area contributed by atoms with E-state index in [2.05, 4.69) is 5.10 Å². The van der Waals surface area contributed by atoms with Gasteiger partial charge >= 0.3 is 5.97 Å². The molecule has 0 fully saturated rings. The topological polar surface area (TPSA) is 81.4 Å². The molecule has 2 rings (SSSR count). The fourth-order valence-electron chi connectivity index (χ4n) is 1.70. The van der Waals surface area contributed by atoms with E-state index in [4.69, 9.17) is 9.84 Å². The van der Waals surface area contributed by atoms with Crippen molar-refractivity contribution >= 4 is 5.97 Å². The third kappa shape index (κ3) is 3.23. The molecule has 6 heteroatoms. The summed E-state index contributed by atoms with van der Waals surface area (Å²) in [5, 5.41) is 13.0. The Balaban J connectivity index is 2.03. The predicted molar refractivity (Wildman–Crippen MR) is 72.1 cm³/mol. The second kappa shape index (κ2) is 6.01. The van der Waals surface area contributed by atoms with Gasteiger partial charge in [-0.15, -0.1) is 0 Å². The summed E-state index contributed by atoms with van der Waals surface area (Å²) < 4.78 is 6.68. The Kier molecular flexibility index (Phi) is 4.14. The average molecular weight is 274 g/mol. The summed E-state index contributed by atoms with van der Waals surface area (Å²) in [5.74, 6) is -0.772. The Hall–Kier alpha value is -2.63. The van der Waals surface area contributed by atoms with Crippen LogP contribution in [0.1, 0.15) is 15.9 Å². The van der Waals surface area contributed by atoms with Crippen molar-refractivity contribution in [1.29, 1.82) is 0 Å². The number of carboxylic acids is 1. The van der Waals surface area contributed by atoms with E-state index >= 15 is 0 Å². The third-order valence-electron chi connectivity index (χ3n) is 2.68. The molecular weight excluding hydrogens is 260 g/mol. The zero-order valence-corrected chi connectivity index (χ0v) is 10.9. The number of hydrogen-bond donors (Lipinski definition) is 1. The first-order chi connectivity index (χ1) is 9.58. The van der Waals surface area contributed by atoms with Crippen molar-refractivity contribution in [2.24, 2.45) is 0 Å². The van der Waals surface area contributed by atoms with Gasteiger partial charge in [0.2, 0.25) is 0 Å². The lowest BCUT2D eigenvalue weighted by molar-refractivity contribution is 0.0692. The Morgan fingerprint density at radius 2 is 2.15 bits per heavy atom. The molecule has 0 bridgehead atoms. The molecule has 20 heavy (non-hydrogen) atoms. The van der Waals surface area contributed by atoms with E-state index < -0.39 is 5.97 Å². The quantitative estimate of drug-likeness (QED) is 0.889. The first kappa shape index (κ1) is 13.8. The van der Waals surface area contributed by atoms with Gasteiger partial charge in [-0.1, -0.05) is 12.1 Å². The molecule has 0 spiro atoms. The standard InChI is InChI=1S/C14H14N2O4/c1-10-8-13(17)16(15-9-10)6-7-20-12-5-3-2-4-11(12)14(18)19/h2-5,8-9H,6-7H2,1H3,(H,18,19). The number of aromatic carboxylic acids is 1. The zero-order valence-electron chi connectivity index (χ0n) is 10.9. The maximum atomic E-state index is 11.6. The second-order valence-corrected chi connectivity index (χ2v) is 4.24. The molecule has 0 unspecified atom stereocenters. The third-order valence-corrected chi connectivity index (χ3v) is 2.68. The average Bonchev–Trinajstić information content (AvgIpc) is 2.41. The molecule has 1 aromatic heterocycles. The van der Waals surface area contributed by atoms with Gasteiger partial charge in [0.05, 0.1) is 12.7 Å². The van der Waals surface area contributed by atoms with Crippen LogP contribution in [0.4, 0.5) is 0 Å². The van der Waals surface area contributed by atoms with Gasteiger partial charge in [-0.25, -0.2) is 9.48 Å². The van der Waals surface area contributed by atoms with Gasteiger partial charge in [0.1, 0.15) is 17.9 Å². The number of benzene rings is 1. The number of carboxylic acid groups (broad SMARTS) is 1. The highest BCUT2D eigenvalue weighted by Crippen LogP contribution is 2.17. The van der Waals surface area contributed by atoms with E-state index in [-0.39, 0.29) is 30.0 Å². The summed E-state index contributed by atoms with van der Waals surface area (Å²) in [6.07, 6.45) is 1.59. The molecule has 0 aliphatic heterocycles. The molecule has 0 aliphatic carbocycles. The first-order valence-corrected chi connectivity index (χ1v) is 6.07. The van der Waals surface area contributed by atoms with Crippen molar-refractivity contribution in [2.75, 3.05) is 6.61 Å². The van der Waals surface area contributed by atoms with E-state index in [9.17, 15) is 9.59 Å². The van der Waals surface area contributed by atoms with Crippen LogP contribution in [0.25, 0.3) is 0 Å². The highest BCUT2D eigenvalue weighted by molar-refractivity contribution is 5.90. The molecule has 0 saturated carbocycles. The van der Waals surface area contributed by atoms with Crippen LogP contribution < -0.4 is 10.3 Å². The molecule has 6 nitrogen and oxygen atoms in total. The fourth-order valence-corrected chi connectivity index (χ4v) is 1.70. The number of ether oxygens (including phenoxy) is 1. The van der Waals surface area contributed by atoms with Crippen LogP contribution in [0.15, 0.2) is 41.3 Å². The lowest BCUT2D eigenvalue weighted by atomic mass is 10.2. The summed E-state index contributed by atoms with van der Waals surface area (Å²) in [5.41, 5.74) is 0.681. The molecule has 2 aromatic rings. The van der Waals surface area contributed by atoms with Crippen LogP contribution >= 0.6 is 0 Å². The lowest BCUT2D eigenvalue weighted by Crippen LogP contribution is -2.25. The summed E-state index contributed by atoms with van der Waals surface area (Å²) >= 11 is 0. The van der Waals surface area contributed by atoms with Gasteiger partial charge in [-0.2, -0.15) is 5.10 Å². The minimum Gasteiger partial charge on any atom is -0.491 e. The number of aryl methyl sites for hydroxylation is 1. The molecule has 104 valence electrons. The first-order valence-electron chi connectivity index (χ1n) is 6.07. The molecule has 1 heterocycles. The lowest BCUT2D eigenvalue weighted by Gasteiger charge is -2.09. The van der Waals surface area contributed by atoms with Crippen LogP contribution in [0.3, 0.4) is 0 Å². The summed E-state index contributed by atoms with van der Waals surface area (Å²) in [7, 11) is 0. The molecule has 1 N–H and O–H groups in total. The van der Waals surface area contributed by atoms with Crippen LogP contribution in [0.2, 0.25) is 0 Å². The zero-order chi connectivity index (χ0) is 14.5. The molecular formula is C14H14N2O4.